The van der Waals surface area contributed by atoms with Gasteiger partial charge >= 0.3 is 11.9 Å². The highest BCUT2D eigenvalue weighted by Gasteiger charge is 2.00. The zero-order chi connectivity index (χ0) is 17.1. The molecular weight excluding hydrogens is 469 g/mol. The monoisotopic (exact) mass is 483 g/mol. The van der Waals surface area contributed by atoms with Crippen molar-refractivity contribution in [2.24, 2.45) is 0 Å². The topological polar surface area (TPSA) is 104 Å². The van der Waals surface area contributed by atoms with Gasteiger partial charge in [0.15, 0.2) is 0 Å². The molecular formula is C14H15BrINO5. The molecule has 0 aliphatic heterocycles. The van der Waals surface area contributed by atoms with Crippen LogP contribution in [0, 0.1) is 3.57 Å². The number of hydrogen-bond donors (Lipinski definition) is 3. The summed E-state index contributed by atoms with van der Waals surface area (Å²) < 4.78 is 1.06. The van der Waals surface area contributed by atoms with E-state index >= 15 is 0 Å². The van der Waals surface area contributed by atoms with Crippen LogP contribution in [0.25, 0.3) is 0 Å². The van der Waals surface area contributed by atoms with Crippen LogP contribution in [-0.4, -0.2) is 32.9 Å². The molecule has 0 bridgehead atoms. The molecule has 0 radical (unpaired) electrons. The first-order valence-corrected chi connectivity index (χ1v) is 8.03. The molecule has 0 aromatic heterocycles. The quantitative estimate of drug-likeness (QED) is 0.339. The van der Waals surface area contributed by atoms with Gasteiger partial charge in [-0.1, -0.05) is 22.9 Å². The molecule has 0 aliphatic rings. The number of halogens is 2. The largest absolute Gasteiger partial charge is 0.481 e. The molecule has 8 heteroatoms. The lowest BCUT2D eigenvalue weighted by Crippen LogP contribution is -2.08. The third kappa shape index (κ3) is 12.3. The third-order valence-corrected chi connectivity index (χ3v) is 2.99. The number of nitrogens with one attached hydrogen (secondary N) is 1. The molecule has 1 unspecified atom stereocenters. The van der Waals surface area contributed by atoms with Crippen LogP contribution in [0.15, 0.2) is 36.4 Å². The van der Waals surface area contributed by atoms with Gasteiger partial charge in [0.1, 0.15) is 0 Å². The van der Waals surface area contributed by atoms with Crippen molar-refractivity contribution in [1.82, 2.24) is 0 Å². The summed E-state index contributed by atoms with van der Waals surface area (Å²) in [6.45, 7) is 1.80. The summed E-state index contributed by atoms with van der Waals surface area (Å²) in [4.78, 5) is 31.1. The zero-order valence-corrected chi connectivity index (χ0v) is 15.4. The van der Waals surface area contributed by atoms with Crippen molar-refractivity contribution in [3.05, 3.63) is 40.0 Å². The van der Waals surface area contributed by atoms with Crippen LogP contribution in [0.5, 0.6) is 0 Å². The van der Waals surface area contributed by atoms with Crippen LogP contribution < -0.4 is 5.32 Å². The minimum atomic E-state index is -1.15. The minimum Gasteiger partial charge on any atom is -0.481 e. The SMILES string of the molecule is CC(Br)CC(=O)O.O=C(O)/C=C\C(=O)Nc1ccc(I)cc1. The van der Waals surface area contributed by atoms with Gasteiger partial charge < -0.3 is 15.5 Å². The van der Waals surface area contributed by atoms with Gasteiger partial charge in [0.05, 0.1) is 6.42 Å². The van der Waals surface area contributed by atoms with Crippen LogP contribution >= 0.6 is 38.5 Å². The second-order valence-corrected chi connectivity index (χ2v) is 6.86. The standard InChI is InChI=1S/C10H8INO3.C4H7BrO2/c11-7-1-3-8(4-2-7)12-9(13)5-6-10(14)15;1-3(5)2-4(6)7/h1-6H,(H,12,13)(H,14,15);3H,2H2,1H3,(H,6,7)/b6-5-;. The first-order valence-electron chi connectivity index (χ1n) is 6.04. The summed E-state index contributed by atoms with van der Waals surface area (Å²) >= 11 is 5.25. The van der Waals surface area contributed by atoms with Crippen LogP contribution in [0.1, 0.15) is 13.3 Å². The van der Waals surface area contributed by atoms with E-state index in [-0.39, 0.29) is 11.2 Å². The first kappa shape index (κ1) is 20.6. The number of hydrogen-bond acceptors (Lipinski definition) is 3. The average Bonchev–Trinajstić information content (AvgIpc) is 2.38. The van der Waals surface area contributed by atoms with E-state index < -0.39 is 17.8 Å². The van der Waals surface area contributed by atoms with E-state index in [0.29, 0.717) is 5.69 Å². The Morgan fingerprint density at radius 1 is 1.23 bits per heavy atom. The van der Waals surface area contributed by atoms with Gasteiger partial charge in [0.2, 0.25) is 5.91 Å². The second-order valence-electron chi connectivity index (χ2n) is 4.05. The van der Waals surface area contributed by atoms with E-state index in [0.717, 1.165) is 15.7 Å². The highest BCUT2D eigenvalue weighted by atomic mass is 127. The molecule has 3 N–H and O–H groups in total. The fourth-order valence-electron chi connectivity index (χ4n) is 1.10. The number of anilines is 1. The molecule has 1 aromatic carbocycles. The van der Waals surface area contributed by atoms with Crippen molar-refractivity contribution in [2.45, 2.75) is 18.2 Å². The smallest absolute Gasteiger partial charge is 0.328 e. The summed E-state index contributed by atoms with van der Waals surface area (Å²) in [7, 11) is 0. The molecule has 0 spiro atoms. The van der Waals surface area contributed by atoms with Crippen molar-refractivity contribution < 1.29 is 24.6 Å². The molecule has 0 heterocycles. The third-order valence-electron chi connectivity index (χ3n) is 1.94. The summed E-state index contributed by atoms with van der Waals surface area (Å²) in [5.74, 6) is -2.37. The van der Waals surface area contributed by atoms with Crippen molar-refractivity contribution in [3.8, 4) is 0 Å². The van der Waals surface area contributed by atoms with Crippen molar-refractivity contribution in [1.29, 1.82) is 0 Å². The number of carboxylic acid groups (broad SMARTS) is 2. The molecule has 1 rings (SSSR count). The molecule has 0 saturated heterocycles. The van der Waals surface area contributed by atoms with Crippen LogP contribution in [0.4, 0.5) is 5.69 Å². The van der Waals surface area contributed by atoms with E-state index in [1.165, 1.54) is 0 Å². The Hall–Kier alpha value is -1.42. The Labute approximate surface area is 149 Å². The van der Waals surface area contributed by atoms with E-state index in [2.05, 4.69) is 43.8 Å². The van der Waals surface area contributed by atoms with Gasteiger partial charge in [0, 0.05) is 26.2 Å². The molecule has 22 heavy (non-hydrogen) atoms. The maximum Gasteiger partial charge on any atom is 0.328 e. The van der Waals surface area contributed by atoms with Gasteiger partial charge in [-0.05, 0) is 46.9 Å². The lowest BCUT2D eigenvalue weighted by molar-refractivity contribution is -0.137. The van der Waals surface area contributed by atoms with E-state index in [4.69, 9.17) is 10.2 Å². The number of amides is 1. The number of aliphatic carboxylic acids is 2. The first-order chi connectivity index (χ1) is 10.2. The summed E-state index contributed by atoms with van der Waals surface area (Å²) in [6.07, 6.45) is 1.96. The van der Waals surface area contributed by atoms with E-state index in [1.807, 2.05) is 12.1 Å². The number of rotatable bonds is 5. The molecule has 0 saturated carbocycles. The van der Waals surface area contributed by atoms with Gasteiger partial charge in [-0.3, -0.25) is 9.59 Å². The molecule has 120 valence electrons. The molecule has 1 amide bonds. The Balaban J connectivity index is 0.000000534. The van der Waals surface area contributed by atoms with E-state index in [1.54, 1.807) is 19.1 Å². The molecule has 0 fully saturated rings. The number of benzene rings is 1. The molecule has 1 atom stereocenters. The average molecular weight is 484 g/mol. The summed E-state index contributed by atoms with van der Waals surface area (Å²) in [5, 5.41) is 18.9. The lowest BCUT2D eigenvalue weighted by Gasteiger charge is -2.00. The number of carbonyl (C=O) groups excluding carboxylic acids is 1. The Bertz CT molecular complexity index is 543. The fraction of sp³-hybridized carbons (Fsp3) is 0.214. The normalized spacial score (nSPS) is 11.2. The van der Waals surface area contributed by atoms with Gasteiger partial charge in [-0.2, -0.15) is 0 Å². The minimum absolute atomic E-state index is 0.0880. The predicted molar refractivity (Wildman–Crippen MR) is 95.2 cm³/mol. The highest BCUT2D eigenvalue weighted by Crippen LogP contribution is 2.10. The molecule has 6 nitrogen and oxygen atoms in total. The highest BCUT2D eigenvalue weighted by molar-refractivity contribution is 14.1. The number of alkyl halides is 1. The van der Waals surface area contributed by atoms with Crippen LogP contribution in [0.3, 0.4) is 0 Å². The molecule has 1 aromatic rings. The van der Waals surface area contributed by atoms with Gasteiger partial charge in [0.25, 0.3) is 0 Å². The zero-order valence-electron chi connectivity index (χ0n) is 11.6. The number of carbonyl (C=O) groups is 3. The maximum atomic E-state index is 11.1. The number of carboxylic acids is 2. The van der Waals surface area contributed by atoms with E-state index in [9.17, 15) is 14.4 Å². The van der Waals surface area contributed by atoms with Crippen LogP contribution in [-0.2, 0) is 14.4 Å². The Kier molecular flexibility index (Phi) is 10.5. The molecule has 0 aliphatic carbocycles. The lowest BCUT2D eigenvalue weighted by atomic mass is 10.3. The van der Waals surface area contributed by atoms with Crippen molar-refractivity contribution >= 4 is 62.1 Å². The van der Waals surface area contributed by atoms with Crippen molar-refractivity contribution in [2.75, 3.05) is 5.32 Å². The van der Waals surface area contributed by atoms with Crippen LogP contribution in [0.2, 0.25) is 0 Å². The van der Waals surface area contributed by atoms with Gasteiger partial charge in [-0.15, -0.1) is 0 Å². The Morgan fingerprint density at radius 3 is 2.14 bits per heavy atom. The summed E-state index contributed by atoms with van der Waals surface area (Å²) in [6, 6.07) is 7.18. The predicted octanol–water partition coefficient (Wildman–Crippen LogP) is 3.12. The van der Waals surface area contributed by atoms with Crippen molar-refractivity contribution in [3.63, 3.8) is 0 Å². The van der Waals surface area contributed by atoms with Gasteiger partial charge in [-0.25, -0.2) is 4.79 Å². The second kappa shape index (κ2) is 11.2. The fourth-order valence-corrected chi connectivity index (χ4v) is 1.74. The Morgan fingerprint density at radius 2 is 1.77 bits per heavy atom. The summed E-state index contributed by atoms with van der Waals surface area (Å²) in [5.41, 5.74) is 0.635. The maximum absolute atomic E-state index is 11.1.